The Bertz CT molecular complexity index is 481. The predicted octanol–water partition coefficient (Wildman–Crippen LogP) is 2.29. The first-order valence-electron chi connectivity index (χ1n) is 6.31. The summed E-state index contributed by atoms with van der Waals surface area (Å²) in [5, 5.41) is 12.5. The number of hydrogen-bond donors (Lipinski definition) is 2. The summed E-state index contributed by atoms with van der Waals surface area (Å²) in [6.45, 7) is 4.20. The van der Waals surface area contributed by atoms with Gasteiger partial charge in [0.05, 0.1) is 0 Å². The van der Waals surface area contributed by atoms with E-state index in [1.165, 1.54) is 0 Å². The molecular weight excluding hydrogens is 310 g/mol. The molecule has 19 heavy (non-hydrogen) atoms. The Morgan fingerprint density at radius 2 is 2.37 bits per heavy atom. The smallest absolute Gasteiger partial charge is 0.339 e. The van der Waals surface area contributed by atoms with Gasteiger partial charge in [0.1, 0.15) is 11.4 Å². The molecular formula is C13H18BrN3O2. The SMILES string of the molecule is CC1CN(C)CCC1Nc1ncc(Br)cc1C(=O)O. The molecule has 1 saturated heterocycles. The maximum absolute atomic E-state index is 11.2. The zero-order valence-electron chi connectivity index (χ0n) is 11.1. The summed E-state index contributed by atoms with van der Waals surface area (Å²) >= 11 is 3.25. The maximum Gasteiger partial charge on any atom is 0.339 e. The molecule has 0 aromatic carbocycles. The van der Waals surface area contributed by atoms with Crippen molar-refractivity contribution in [2.75, 3.05) is 25.5 Å². The number of anilines is 1. The van der Waals surface area contributed by atoms with Crippen molar-refractivity contribution in [3.8, 4) is 0 Å². The van der Waals surface area contributed by atoms with Crippen LogP contribution < -0.4 is 5.32 Å². The van der Waals surface area contributed by atoms with Gasteiger partial charge in [-0.1, -0.05) is 6.92 Å². The molecule has 0 radical (unpaired) electrons. The number of hydrogen-bond acceptors (Lipinski definition) is 4. The number of halogens is 1. The fourth-order valence-corrected chi connectivity index (χ4v) is 2.79. The lowest BCUT2D eigenvalue weighted by Gasteiger charge is -2.35. The van der Waals surface area contributed by atoms with E-state index in [1.807, 2.05) is 0 Å². The van der Waals surface area contributed by atoms with Crippen LogP contribution in [0.15, 0.2) is 16.7 Å². The Labute approximate surface area is 121 Å². The lowest BCUT2D eigenvalue weighted by Crippen LogP contribution is -2.43. The number of piperidine rings is 1. The van der Waals surface area contributed by atoms with E-state index >= 15 is 0 Å². The number of carboxylic acid groups (broad SMARTS) is 1. The number of carboxylic acids is 1. The van der Waals surface area contributed by atoms with Crippen LogP contribution in [0.3, 0.4) is 0 Å². The summed E-state index contributed by atoms with van der Waals surface area (Å²) in [7, 11) is 2.10. The molecule has 0 saturated carbocycles. The van der Waals surface area contributed by atoms with Crippen molar-refractivity contribution in [2.45, 2.75) is 19.4 Å². The van der Waals surface area contributed by atoms with Gasteiger partial charge in [-0.3, -0.25) is 0 Å². The number of aromatic nitrogens is 1. The molecule has 1 aliphatic rings. The molecule has 0 amide bonds. The van der Waals surface area contributed by atoms with E-state index < -0.39 is 5.97 Å². The minimum Gasteiger partial charge on any atom is -0.478 e. The van der Waals surface area contributed by atoms with Gasteiger partial charge in [-0.2, -0.15) is 0 Å². The first kappa shape index (κ1) is 14.3. The van der Waals surface area contributed by atoms with Crippen molar-refractivity contribution >= 4 is 27.7 Å². The van der Waals surface area contributed by atoms with Crippen LogP contribution in [-0.2, 0) is 0 Å². The van der Waals surface area contributed by atoms with Gasteiger partial charge in [-0.15, -0.1) is 0 Å². The third kappa shape index (κ3) is 3.45. The number of nitrogens with one attached hydrogen (secondary N) is 1. The van der Waals surface area contributed by atoms with Gasteiger partial charge >= 0.3 is 5.97 Å². The quantitative estimate of drug-likeness (QED) is 0.891. The van der Waals surface area contributed by atoms with E-state index in [9.17, 15) is 9.90 Å². The summed E-state index contributed by atoms with van der Waals surface area (Å²) in [5.74, 6) is -0.0418. The number of likely N-dealkylation sites (tertiary alicyclic amines) is 1. The van der Waals surface area contributed by atoms with Gasteiger partial charge in [-0.05, 0) is 47.9 Å². The van der Waals surface area contributed by atoms with Crippen LogP contribution in [-0.4, -0.2) is 47.1 Å². The second kappa shape index (κ2) is 5.88. The predicted molar refractivity (Wildman–Crippen MR) is 77.6 cm³/mol. The number of nitrogens with zero attached hydrogens (tertiary/aromatic N) is 2. The highest BCUT2D eigenvalue weighted by Gasteiger charge is 2.25. The van der Waals surface area contributed by atoms with Crippen molar-refractivity contribution in [1.29, 1.82) is 0 Å². The van der Waals surface area contributed by atoms with E-state index in [2.05, 4.69) is 45.1 Å². The van der Waals surface area contributed by atoms with Crippen LogP contribution in [0.1, 0.15) is 23.7 Å². The monoisotopic (exact) mass is 327 g/mol. The average molecular weight is 328 g/mol. The van der Waals surface area contributed by atoms with E-state index in [0.717, 1.165) is 19.5 Å². The summed E-state index contributed by atoms with van der Waals surface area (Å²) in [5.41, 5.74) is 0.209. The Kier molecular flexibility index (Phi) is 4.42. The highest BCUT2D eigenvalue weighted by Crippen LogP contribution is 2.23. The van der Waals surface area contributed by atoms with Gasteiger partial charge in [0, 0.05) is 23.3 Å². The van der Waals surface area contributed by atoms with Gasteiger partial charge in [0.25, 0.3) is 0 Å². The maximum atomic E-state index is 11.2. The fourth-order valence-electron chi connectivity index (χ4n) is 2.46. The molecule has 1 aromatic heterocycles. The molecule has 2 unspecified atom stereocenters. The summed E-state index contributed by atoms with van der Waals surface area (Å²) < 4.78 is 0.673. The summed E-state index contributed by atoms with van der Waals surface area (Å²) in [6, 6.07) is 1.85. The van der Waals surface area contributed by atoms with Gasteiger partial charge in [0.15, 0.2) is 0 Å². The van der Waals surface area contributed by atoms with Gasteiger partial charge in [-0.25, -0.2) is 9.78 Å². The molecule has 2 heterocycles. The Morgan fingerprint density at radius 3 is 3.00 bits per heavy atom. The zero-order chi connectivity index (χ0) is 14.0. The molecule has 0 spiro atoms. The minimum absolute atomic E-state index is 0.209. The molecule has 0 bridgehead atoms. The largest absolute Gasteiger partial charge is 0.478 e. The van der Waals surface area contributed by atoms with E-state index in [1.54, 1.807) is 12.3 Å². The van der Waals surface area contributed by atoms with Gasteiger partial charge < -0.3 is 15.3 Å². The zero-order valence-corrected chi connectivity index (χ0v) is 12.6. The second-order valence-corrected chi connectivity index (χ2v) is 6.05. The van der Waals surface area contributed by atoms with Crippen LogP contribution in [0.2, 0.25) is 0 Å². The first-order valence-corrected chi connectivity index (χ1v) is 7.10. The summed E-state index contributed by atoms with van der Waals surface area (Å²) in [4.78, 5) is 17.7. The number of aromatic carboxylic acids is 1. The first-order chi connectivity index (χ1) is 8.97. The van der Waals surface area contributed by atoms with E-state index in [-0.39, 0.29) is 11.6 Å². The standard InChI is InChI=1S/C13H18BrN3O2/c1-8-7-17(2)4-3-11(8)16-12-10(13(18)19)5-9(14)6-15-12/h5-6,8,11H,3-4,7H2,1-2H3,(H,15,16)(H,18,19). The normalized spacial score (nSPS) is 24.2. The van der Waals surface area contributed by atoms with Crippen LogP contribution >= 0.6 is 15.9 Å². The highest BCUT2D eigenvalue weighted by molar-refractivity contribution is 9.10. The van der Waals surface area contributed by atoms with Gasteiger partial charge in [0.2, 0.25) is 0 Å². The molecule has 6 heteroatoms. The van der Waals surface area contributed by atoms with Crippen LogP contribution in [0, 0.1) is 5.92 Å². The van der Waals surface area contributed by atoms with Crippen molar-refractivity contribution in [3.05, 3.63) is 22.3 Å². The second-order valence-electron chi connectivity index (χ2n) is 5.13. The molecule has 1 fully saturated rings. The van der Waals surface area contributed by atoms with Crippen molar-refractivity contribution < 1.29 is 9.90 Å². The average Bonchev–Trinajstić information content (AvgIpc) is 2.34. The Balaban J connectivity index is 2.17. The molecule has 2 atom stereocenters. The van der Waals surface area contributed by atoms with Crippen molar-refractivity contribution in [1.82, 2.24) is 9.88 Å². The number of rotatable bonds is 3. The summed E-state index contributed by atoms with van der Waals surface area (Å²) in [6.07, 6.45) is 2.61. The molecule has 1 aromatic rings. The van der Waals surface area contributed by atoms with Crippen LogP contribution in [0.25, 0.3) is 0 Å². The van der Waals surface area contributed by atoms with E-state index in [4.69, 9.17) is 0 Å². The molecule has 104 valence electrons. The third-order valence-corrected chi connectivity index (χ3v) is 3.95. The van der Waals surface area contributed by atoms with E-state index in [0.29, 0.717) is 16.2 Å². The van der Waals surface area contributed by atoms with Crippen molar-refractivity contribution in [2.24, 2.45) is 5.92 Å². The molecule has 2 N–H and O–H groups in total. The Morgan fingerprint density at radius 1 is 1.63 bits per heavy atom. The molecule has 0 aliphatic carbocycles. The third-order valence-electron chi connectivity index (χ3n) is 3.52. The lowest BCUT2D eigenvalue weighted by atomic mass is 9.94. The fraction of sp³-hybridized carbons (Fsp3) is 0.538. The molecule has 2 rings (SSSR count). The minimum atomic E-state index is -0.961. The Hall–Kier alpha value is -1.14. The molecule has 1 aliphatic heterocycles. The lowest BCUT2D eigenvalue weighted by molar-refractivity contribution is 0.0697. The van der Waals surface area contributed by atoms with Crippen molar-refractivity contribution in [3.63, 3.8) is 0 Å². The van der Waals surface area contributed by atoms with Crippen LogP contribution in [0.5, 0.6) is 0 Å². The molecule has 5 nitrogen and oxygen atoms in total. The topological polar surface area (TPSA) is 65.5 Å². The number of pyridine rings is 1. The number of carbonyl (C=O) groups is 1. The van der Waals surface area contributed by atoms with Crippen LogP contribution in [0.4, 0.5) is 5.82 Å². The highest BCUT2D eigenvalue weighted by atomic mass is 79.9.